The van der Waals surface area contributed by atoms with E-state index in [1.165, 1.54) is 24.1 Å². The summed E-state index contributed by atoms with van der Waals surface area (Å²) in [5.41, 5.74) is 2.45. The molecular weight excluding hydrogens is 232 g/mol. The van der Waals surface area contributed by atoms with E-state index in [1.54, 1.807) is 0 Å². The van der Waals surface area contributed by atoms with Crippen LogP contribution in [0.3, 0.4) is 0 Å². The van der Waals surface area contributed by atoms with Crippen molar-refractivity contribution in [2.45, 2.75) is 19.8 Å². The molecule has 0 aliphatic carbocycles. The lowest BCUT2D eigenvalue weighted by molar-refractivity contribution is 0.378. The first-order valence-corrected chi connectivity index (χ1v) is 6.73. The van der Waals surface area contributed by atoms with Crippen molar-refractivity contribution >= 4 is 17.3 Å². The second-order valence-corrected chi connectivity index (χ2v) is 5.37. The van der Waals surface area contributed by atoms with Crippen LogP contribution in [0.15, 0.2) is 18.2 Å². The number of nitrogens with zero attached hydrogens (tertiary/aromatic N) is 1. The predicted octanol–water partition coefficient (Wildman–Crippen LogP) is 3.08. The minimum Gasteiger partial charge on any atom is -0.374 e. The number of nitrogens with one attached hydrogen (secondary N) is 1. The number of hydrogen-bond acceptors (Lipinski definition) is 2. The van der Waals surface area contributed by atoms with Crippen molar-refractivity contribution in [1.82, 2.24) is 5.32 Å². The minimum absolute atomic E-state index is 0.805. The molecule has 0 spiro atoms. The third-order valence-electron chi connectivity index (χ3n) is 3.64. The first-order chi connectivity index (χ1) is 8.18. The van der Waals surface area contributed by atoms with Crippen LogP contribution in [0.2, 0.25) is 5.02 Å². The van der Waals surface area contributed by atoms with Crippen molar-refractivity contribution in [2.24, 2.45) is 5.92 Å². The Morgan fingerprint density at radius 1 is 1.35 bits per heavy atom. The summed E-state index contributed by atoms with van der Waals surface area (Å²) in [4.78, 5) is 2.34. The monoisotopic (exact) mass is 252 g/mol. The molecule has 1 aromatic rings. The molecule has 3 heteroatoms. The highest BCUT2D eigenvalue weighted by atomic mass is 35.5. The van der Waals surface area contributed by atoms with Crippen LogP contribution in [0.25, 0.3) is 0 Å². The van der Waals surface area contributed by atoms with E-state index in [0.717, 1.165) is 30.6 Å². The molecule has 0 bridgehead atoms. The lowest BCUT2D eigenvalue weighted by Crippen LogP contribution is -2.34. The summed E-state index contributed by atoms with van der Waals surface area (Å²) in [6.45, 7) is 5.54. The molecular formula is C14H21ClN2. The fraction of sp³-hybridized carbons (Fsp3) is 0.571. The molecule has 1 fully saturated rings. The molecule has 1 aliphatic heterocycles. The van der Waals surface area contributed by atoms with E-state index in [9.17, 15) is 0 Å². The number of rotatable bonds is 3. The van der Waals surface area contributed by atoms with Crippen LogP contribution >= 0.6 is 11.6 Å². The van der Waals surface area contributed by atoms with E-state index in [0.29, 0.717) is 0 Å². The van der Waals surface area contributed by atoms with E-state index in [4.69, 9.17) is 11.6 Å². The molecule has 0 unspecified atom stereocenters. The van der Waals surface area contributed by atoms with Crippen molar-refractivity contribution in [3.05, 3.63) is 28.8 Å². The van der Waals surface area contributed by atoms with Gasteiger partial charge in [0, 0.05) is 24.3 Å². The second-order valence-electron chi connectivity index (χ2n) is 4.96. The van der Waals surface area contributed by atoms with Gasteiger partial charge >= 0.3 is 0 Å². The van der Waals surface area contributed by atoms with Crippen molar-refractivity contribution in [2.75, 3.05) is 31.6 Å². The van der Waals surface area contributed by atoms with E-state index in [2.05, 4.69) is 30.3 Å². The molecule has 0 atom stereocenters. The Labute approximate surface area is 109 Å². The van der Waals surface area contributed by atoms with Crippen LogP contribution in [0.4, 0.5) is 5.69 Å². The molecule has 1 N–H and O–H groups in total. The quantitative estimate of drug-likeness (QED) is 0.890. The van der Waals surface area contributed by atoms with E-state index in [-0.39, 0.29) is 0 Å². The third kappa shape index (κ3) is 3.14. The number of benzene rings is 1. The number of hydrogen-bond donors (Lipinski definition) is 1. The molecule has 17 heavy (non-hydrogen) atoms. The van der Waals surface area contributed by atoms with Crippen molar-refractivity contribution in [3.8, 4) is 0 Å². The maximum absolute atomic E-state index is 6.16. The van der Waals surface area contributed by atoms with Gasteiger partial charge in [0.25, 0.3) is 0 Å². The Bertz CT molecular complexity index is 372. The summed E-state index contributed by atoms with van der Waals surface area (Å²) in [7, 11) is 2.17. The van der Waals surface area contributed by atoms with Crippen LogP contribution in [-0.4, -0.2) is 26.7 Å². The van der Waals surface area contributed by atoms with Crippen molar-refractivity contribution < 1.29 is 0 Å². The molecule has 1 aromatic carbocycles. The molecule has 0 saturated carbocycles. The highest BCUT2D eigenvalue weighted by Crippen LogP contribution is 2.27. The van der Waals surface area contributed by atoms with Gasteiger partial charge in [-0.05, 0) is 56.5 Å². The summed E-state index contributed by atoms with van der Waals surface area (Å²) >= 11 is 6.16. The Hall–Kier alpha value is -0.730. The minimum atomic E-state index is 0.805. The van der Waals surface area contributed by atoms with Gasteiger partial charge in [-0.2, -0.15) is 0 Å². The second kappa shape index (κ2) is 5.74. The lowest BCUT2D eigenvalue weighted by Gasteiger charge is -2.29. The fourth-order valence-electron chi connectivity index (χ4n) is 2.56. The highest BCUT2D eigenvalue weighted by molar-refractivity contribution is 6.31. The van der Waals surface area contributed by atoms with Gasteiger partial charge in [0.2, 0.25) is 0 Å². The first-order valence-electron chi connectivity index (χ1n) is 6.35. The average molecular weight is 253 g/mol. The highest BCUT2D eigenvalue weighted by Gasteiger charge is 2.16. The predicted molar refractivity (Wildman–Crippen MR) is 75.1 cm³/mol. The fourth-order valence-corrected chi connectivity index (χ4v) is 2.73. The molecule has 2 rings (SSSR count). The normalized spacial score (nSPS) is 17.1. The Morgan fingerprint density at radius 2 is 2.06 bits per heavy atom. The SMILES string of the molecule is Cc1c(Cl)cccc1N(C)CC1CCNCC1. The lowest BCUT2D eigenvalue weighted by atomic mass is 9.97. The topological polar surface area (TPSA) is 15.3 Å². The van der Waals surface area contributed by atoms with Gasteiger partial charge in [0.15, 0.2) is 0 Å². The van der Waals surface area contributed by atoms with Gasteiger partial charge in [-0.1, -0.05) is 17.7 Å². The van der Waals surface area contributed by atoms with Crippen LogP contribution in [0.1, 0.15) is 18.4 Å². The summed E-state index contributed by atoms with van der Waals surface area (Å²) < 4.78 is 0. The van der Waals surface area contributed by atoms with Crippen LogP contribution < -0.4 is 10.2 Å². The maximum Gasteiger partial charge on any atom is 0.0455 e. The summed E-state index contributed by atoms with van der Waals surface area (Å²) in [6.07, 6.45) is 2.56. The van der Waals surface area contributed by atoms with Gasteiger partial charge in [0.1, 0.15) is 0 Å². The van der Waals surface area contributed by atoms with Gasteiger partial charge in [-0.3, -0.25) is 0 Å². The van der Waals surface area contributed by atoms with E-state index in [1.807, 2.05) is 12.1 Å². The summed E-state index contributed by atoms with van der Waals surface area (Å²) in [5, 5.41) is 4.27. The van der Waals surface area contributed by atoms with Crippen LogP contribution in [-0.2, 0) is 0 Å². The summed E-state index contributed by atoms with van der Waals surface area (Å²) in [5.74, 6) is 0.805. The van der Waals surface area contributed by atoms with Crippen LogP contribution in [0, 0.1) is 12.8 Å². The Balaban J connectivity index is 2.03. The largest absolute Gasteiger partial charge is 0.374 e. The van der Waals surface area contributed by atoms with Crippen molar-refractivity contribution in [3.63, 3.8) is 0 Å². The molecule has 1 saturated heterocycles. The molecule has 94 valence electrons. The summed E-state index contributed by atoms with van der Waals surface area (Å²) in [6, 6.07) is 6.14. The van der Waals surface area contributed by atoms with E-state index >= 15 is 0 Å². The third-order valence-corrected chi connectivity index (χ3v) is 4.05. The van der Waals surface area contributed by atoms with Gasteiger partial charge in [-0.25, -0.2) is 0 Å². The zero-order chi connectivity index (χ0) is 12.3. The van der Waals surface area contributed by atoms with Gasteiger partial charge in [-0.15, -0.1) is 0 Å². The van der Waals surface area contributed by atoms with E-state index < -0.39 is 0 Å². The van der Waals surface area contributed by atoms with Gasteiger partial charge in [0.05, 0.1) is 0 Å². The first kappa shape index (κ1) is 12.7. The number of anilines is 1. The smallest absolute Gasteiger partial charge is 0.0455 e. The zero-order valence-electron chi connectivity index (χ0n) is 10.7. The molecule has 2 nitrogen and oxygen atoms in total. The van der Waals surface area contributed by atoms with Crippen molar-refractivity contribution in [1.29, 1.82) is 0 Å². The number of piperidine rings is 1. The average Bonchev–Trinajstić information content (AvgIpc) is 2.34. The maximum atomic E-state index is 6.16. The molecule has 0 aromatic heterocycles. The molecule has 0 radical (unpaired) electrons. The molecule has 0 amide bonds. The van der Waals surface area contributed by atoms with Gasteiger partial charge < -0.3 is 10.2 Å². The van der Waals surface area contributed by atoms with Crippen LogP contribution in [0.5, 0.6) is 0 Å². The zero-order valence-corrected chi connectivity index (χ0v) is 11.4. The standard InChI is InChI=1S/C14H21ClN2/c1-11-13(15)4-3-5-14(11)17(2)10-12-6-8-16-9-7-12/h3-5,12,16H,6-10H2,1-2H3. The molecule has 1 heterocycles. The Morgan fingerprint density at radius 3 is 2.76 bits per heavy atom. The molecule has 1 aliphatic rings. The Kier molecular flexibility index (Phi) is 4.30. The number of halogens is 1.